The molecule has 0 radical (unpaired) electrons. The van der Waals surface area contributed by atoms with E-state index < -0.39 is 0 Å². The number of thiazole rings is 1. The Balaban J connectivity index is 0.000000206. The first-order valence-corrected chi connectivity index (χ1v) is 5.52. The summed E-state index contributed by atoms with van der Waals surface area (Å²) in [6.45, 7) is 7.96. The van der Waals surface area contributed by atoms with Gasteiger partial charge in [0.15, 0.2) is 0 Å². The molecular weight excluding hydrogens is 194 g/mol. The first kappa shape index (κ1) is 12.9. The van der Waals surface area contributed by atoms with E-state index in [0.717, 1.165) is 5.76 Å². The maximum atomic E-state index is 4.83. The highest BCUT2D eigenvalue weighted by molar-refractivity contribution is 7.09. The van der Waals surface area contributed by atoms with Crippen LogP contribution in [-0.2, 0) is 0 Å². The van der Waals surface area contributed by atoms with Crippen LogP contribution in [0.1, 0.15) is 24.5 Å². The van der Waals surface area contributed by atoms with Crippen molar-refractivity contribution in [2.75, 3.05) is 0 Å². The Morgan fingerprint density at radius 3 is 2.14 bits per heavy atom. The zero-order valence-electron chi connectivity index (χ0n) is 9.15. The fourth-order valence-corrected chi connectivity index (χ4v) is 1.05. The molecule has 3 heteroatoms. The minimum atomic E-state index is 0.968. The third-order valence-corrected chi connectivity index (χ3v) is 1.92. The van der Waals surface area contributed by atoms with Gasteiger partial charge in [0, 0.05) is 11.1 Å². The van der Waals surface area contributed by atoms with Crippen molar-refractivity contribution >= 4 is 11.3 Å². The topological polar surface area (TPSA) is 26.0 Å². The quantitative estimate of drug-likeness (QED) is 0.656. The van der Waals surface area contributed by atoms with Crippen LogP contribution in [0.3, 0.4) is 0 Å². The summed E-state index contributed by atoms with van der Waals surface area (Å²) in [4.78, 5) is 5.11. The number of rotatable bonds is 0. The van der Waals surface area contributed by atoms with Crippen LogP contribution in [0.5, 0.6) is 0 Å². The Kier molecular flexibility index (Phi) is 7.84. The summed E-state index contributed by atoms with van der Waals surface area (Å²) < 4.78 is 4.83. The lowest BCUT2D eigenvalue weighted by atomic mass is 10.5. The number of aryl methyl sites for hydroxylation is 2. The van der Waals surface area contributed by atoms with E-state index in [-0.39, 0.29) is 0 Å². The summed E-state index contributed by atoms with van der Waals surface area (Å²) in [6, 6.07) is 3.79. The third kappa shape index (κ3) is 6.43. The number of hydrogen-bond donors (Lipinski definition) is 0. The minimum absolute atomic E-state index is 0.968. The SMILES string of the molecule is CC.Cc1ccco1.Cc1cncs1. The van der Waals surface area contributed by atoms with E-state index in [9.17, 15) is 0 Å². The van der Waals surface area contributed by atoms with Gasteiger partial charge in [-0.15, -0.1) is 11.3 Å². The number of furan rings is 1. The van der Waals surface area contributed by atoms with Crippen molar-refractivity contribution in [3.63, 3.8) is 0 Å². The van der Waals surface area contributed by atoms with Gasteiger partial charge in [0.05, 0.1) is 11.8 Å². The molecule has 0 saturated carbocycles. The van der Waals surface area contributed by atoms with Gasteiger partial charge in [-0.05, 0) is 26.0 Å². The third-order valence-electron chi connectivity index (χ3n) is 1.22. The first-order chi connectivity index (χ1) is 6.79. The molecule has 0 aliphatic rings. The molecule has 0 aromatic carbocycles. The summed E-state index contributed by atoms with van der Waals surface area (Å²) in [5.41, 5.74) is 1.83. The monoisotopic (exact) mass is 211 g/mol. The molecule has 2 heterocycles. The summed E-state index contributed by atoms with van der Waals surface area (Å²) in [5.74, 6) is 0.968. The van der Waals surface area contributed by atoms with Crippen LogP contribution in [0.2, 0.25) is 0 Å². The van der Waals surface area contributed by atoms with Gasteiger partial charge in [0.2, 0.25) is 0 Å². The standard InChI is InChI=1S/C5H6O.C4H5NS.C2H6/c1-5-3-2-4-6-5;1-4-2-5-3-6-4;1-2/h2-4H,1H3;2-3H,1H3;1-2H3. The maximum absolute atomic E-state index is 4.83. The smallest absolute Gasteiger partial charge is 0.100 e. The molecule has 14 heavy (non-hydrogen) atoms. The molecule has 2 aromatic heterocycles. The molecule has 0 spiro atoms. The van der Waals surface area contributed by atoms with E-state index in [4.69, 9.17) is 4.42 Å². The van der Waals surface area contributed by atoms with Crippen molar-refractivity contribution in [1.82, 2.24) is 4.98 Å². The van der Waals surface area contributed by atoms with Gasteiger partial charge >= 0.3 is 0 Å². The largest absolute Gasteiger partial charge is 0.470 e. The van der Waals surface area contributed by atoms with Crippen LogP contribution in [-0.4, -0.2) is 4.98 Å². The van der Waals surface area contributed by atoms with E-state index in [1.165, 1.54) is 4.88 Å². The molecule has 0 unspecified atom stereocenters. The van der Waals surface area contributed by atoms with Gasteiger partial charge < -0.3 is 4.42 Å². The highest BCUT2D eigenvalue weighted by Crippen LogP contribution is 1.99. The second-order valence-corrected chi connectivity index (χ2v) is 3.43. The van der Waals surface area contributed by atoms with Crippen LogP contribution < -0.4 is 0 Å². The molecule has 0 aliphatic carbocycles. The lowest BCUT2D eigenvalue weighted by molar-refractivity contribution is 0.534. The molecule has 0 amide bonds. The highest BCUT2D eigenvalue weighted by atomic mass is 32.1. The predicted molar refractivity (Wildman–Crippen MR) is 61.6 cm³/mol. The lowest BCUT2D eigenvalue weighted by Crippen LogP contribution is -1.48. The molecule has 0 aliphatic heterocycles. The summed E-state index contributed by atoms with van der Waals surface area (Å²) in [6.07, 6.45) is 3.51. The Labute approximate surface area is 89.6 Å². The van der Waals surface area contributed by atoms with Crippen molar-refractivity contribution in [3.8, 4) is 0 Å². The summed E-state index contributed by atoms with van der Waals surface area (Å²) >= 11 is 1.67. The fraction of sp³-hybridized carbons (Fsp3) is 0.364. The average molecular weight is 211 g/mol. The Bertz CT molecular complexity index is 255. The predicted octanol–water partition coefficient (Wildman–Crippen LogP) is 4.07. The average Bonchev–Trinajstić information content (AvgIpc) is 2.83. The van der Waals surface area contributed by atoms with Crippen molar-refractivity contribution < 1.29 is 4.42 Å². The second kappa shape index (κ2) is 8.51. The Morgan fingerprint density at radius 1 is 1.29 bits per heavy atom. The van der Waals surface area contributed by atoms with E-state index in [2.05, 4.69) is 4.98 Å². The molecule has 78 valence electrons. The van der Waals surface area contributed by atoms with E-state index >= 15 is 0 Å². The van der Waals surface area contributed by atoms with Crippen molar-refractivity contribution in [2.24, 2.45) is 0 Å². The van der Waals surface area contributed by atoms with Gasteiger partial charge in [-0.25, -0.2) is 0 Å². The van der Waals surface area contributed by atoms with E-state index in [1.54, 1.807) is 17.6 Å². The maximum Gasteiger partial charge on any atom is 0.100 e. The molecule has 2 nitrogen and oxygen atoms in total. The number of nitrogens with zero attached hydrogens (tertiary/aromatic N) is 1. The van der Waals surface area contributed by atoms with Crippen LogP contribution in [0, 0.1) is 13.8 Å². The van der Waals surface area contributed by atoms with E-state index in [0.29, 0.717) is 0 Å². The molecule has 0 bridgehead atoms. The van der Waals surface area contributed by atoms with Gasteiger partial charge in [0.1, 0.15) is 5.76 Å². The van der Waals surface area contributed by atoms with Crippen LogP contribution in [0.15, 0.2) is 34.5 Å². The molecule has 0 atom stereocenters. The van der Waals surface area contributed by atoms with Gasteiger partial charge in [-0.2, -0.15) is 0 Å². The number of hydrogen-bond acceptors (Lipinski definition) is 3. The first-order valence-electron chi connectivity index (χ1n) is 4.64. The molecule has 2 aromatic rings. The molecule has 0 saturated heterocycles. The molecule has 0 N–H and O–H groups in total. The zero-order valence-corrected chi connectivity index (χ0v) is 9.97. The lowest BCUT2D eigenvalue weighted by Gasteiger charge is -1.69. The van der Waals surface area contributed by atoms with Crippen molar-refractivity contribution in [2.45, 2.75) is 27.7 Å². The summed E-state index contributed by atoms with van der Waals surface area (Å²) in [5, 5.41) is 0. The van der Waals surface area contributed by atoms with Gasteiger partial charge in [-0.1, -0.05) is 13.8 Å². The molecule has 0 fully saturated rings. The normalized spacial score (nSPS) is 8.00. The molecule has 2 rings (SSSR count). The van der Waals surface area contributed by atoms with Crippen molar-refractivity contribution in [1.29, 1.82) is 0 Å². The molecular formula is C11H17NOS. The Morgan fingerprint density at radius 2 is 2.00 bits per heavy atom. The second-order valence-electron chi connectivity index (χ2n) is 2.34. The zero-order chi connectivity index (χ0) is 10.8. The fourth-order valence-electron chi connectivity index (χ4n) is 0.640. The van der Waals surface area contributed by atoms with E-state index in [1.807, 2.05) is 51.5 Å². The van der Waals surface area contributed by atoms with Crippen molar-refractivity contribution in [3.05, 3.63) is 40.7 Å². The van der Waals surface area contributed by atoms with Crippen LogP contribution in [0.25, 0.3) is 0 Å². The highest BCUT2D eigenvalue weighted by Gasteiger charge is 1.76. The van der Waals surface area contributed by atoms with Gasteiger partial charge in [-0.3, -0.25) is 4.98 Å². The Hall–Kier alpha value is -1.09. The summed E-state index contributed by atoms with van der Waals surface area (Å²) in [7, 11) is 0. The van der Waals surface area contributed by atoms with Gasteiger partial charge in [0.25, 0.3) is 0 Å². The minimum Gasteiger partial charge on any atom is -0.470 e. The van der Waals surface area contributed by atoms with Crippen LogP contribution >= 0.6 is 11.3 Å². The number of aromatic nitrogens is 1. The van der Waals surface area contributed by atoms with Crippen LogP contribution in [0.4, 0.5) is 0 Å².